The van der Waals surface area contributed by atoms with Gasteiger partial charge in [-0.3, -0.25) is 9.59 Å². The second kappa shape index (κ2) is 5.68. The van der Waals surface area contributed by atoms with Crippen molar-refractivity contribution < 1.29 is 23.8 Å². The van der Waals surface area contributed by atoms with E-state index in [1.807, 2.05) is 0 Å². The number of carboxylic acids is 1. The molecule has 3 rings (SSSR count). The highest BCUT2D eigenvalue weighted by molar-refractivity contribution is 5.94. The first-order valence-corrected chi connectivity index (χ1v) is 7.42. The topological polar surface area (TPSA) is 75.6 Å². The smallest absolute Gasteiger partial charge is 0.306 e. The summed E-state index contributed by atoms with van der Waals surface area (Å²) in [5.41, 5.74) is 0.109. The molecule has 0 radical (unpaired) electrons. The molecule has 6 heteroatoms. The molecule has 1 aromatic carbocycles. The number of carboxylic acid groups (broad SMARTS) is 1. The largest absolute Gasteiger partial charge is 0.481 e. The van der Waals surface area contributed by atoms with Gasteiger partial charge in [0.25, 0.3) is 5.91 Å². The van der Waals surface area contributed by atoms with Crippen LogP contribution >= 0.6 is 0 Å². The van der Waals surface area contributed by atoms with Crippen molar-refractivity contribution in [3.8, 4) is 0 Å². The number of benzene rings is 1. The van der Waals surface area contributed by atoms with Gasteiger partial charge in [0.1, 0.15) is 5.82 Å². The van der Waals surface area contributed by atoms with Gasteiger partial charge in [-0.2, -0.15) is 0 Å². The highest BCUT2D eigenvalue weighted by Gasteiger charge is 2.52. The van der Waals surface area contributed by atoms with Crippen LogP contribution in [0, 0.1) is 11.7 Å². The third-order valence-corrected chi connectivity index (χ3v) is 4.52. The molecule has 1 aliphatic heterocycles. The molecule has 0 aromatic heterocycles. The Labute approximate surface area is 127 Å². The van der Waals surface area contributed by atoms with Gasteiger partial charge < -0.3 is 15.2 Å². The van der Waals surface area contributed by atoms with E-state index < -0.39 is 5.97 Å². The number of rotatable bonds is 4. The molecule has 1 saturated carbocycles. The molecule has 0 bridgehead atoms. The molecule has 2 aliphatic rings. The number of aliphatic carboxylic acids is 1. The number of hydrogen-bond donors (Lipinski definition) is 2. The van der Waals surface area contributed by atoms with Gasteiger partial charge in [-0.05, 0) is 49.9 Å². The summed E-state index contributed by atoms with van der Waals surface area (Å²) < 4.78 is 18.7. The monoisotopic (exact) mass is 307 g/mol. The van der Waals surface area contributed by atoms with Crippen LogP contribution in [0.2, 0.25) is 0 Å². The predicted octanol–water partition coefficient (Wildman–Crippen LogP) is 1.97. The van der Waals surface area contributed by atoms with Gasteiger partial charge in [0.2, 0.25) is 0 Å². The summed E-state index contributed by atoms with van der Waals surface area (Å²) in [7, 11) is 0. The van der Waals surface area contributed by atoms with Gasteiger partial charge in [-0.25, -0.2) is 4.39 Å². The molecule has 22 heavy (non-hydrogen) atoms. The van der Waals surface area contributed by atoms with Gasteiger partial charge in [0.05, 0.1) is 17.6 Å². The molecular formula is C16H18FNO4. The lowest BCUT2D eigenvalue weighted by molar-refractivity contribution is -0.164. The molecule has 2 fully saturated rings. The summed E-state index contributed by atoms with van der Waals surface area (Å²) in [6, 6.07) is 5.36. The Kier molecular flexibility index (Phi) is 3.87. The van der Waals surface area contributed by atoms with Crippen LogP contribution in [0.1, 0.15) is 36.0 Å². The lowest BCUT2D eigenvalue weighted by Gasteiger charge is -2.42. The molecule has 118 valence electrons. The highest BCUT2D eigenvalue weighted by Crippen LogP contribution is 2.49. The molecule has 2 N–H and O–H groups in total. The molecule has 1 unspecified atom stereocenters. The van der Waals surface area contributed by atoms with E-state index in [1.54, 1.807) is 0 Å². The van der Waals surface area contributed by atoms with Gasteiger partial charge >= 0.3 is 5.97 Å². The minimum atomic E-state index is -0.762. The molecule has 5 nitrogen and oxygen atoms in total. The Balaban J connectivity index is 1.46. The van der Waals surface area contributed by atoms with Gasteiger partial charge in [-0.15, -0.1) is 0 Å². The fourth-order valence-corrected chi connectivity index (χ4v) is 3.26. The second-order valence-corrected chi connectivity index (χ2v) is 6.12. The first kappa shape index (κ1) is 15.0. The third kappa shape index (κ3) is 2.97. The normalized spacial score (nSPS) is 30.0. The summed E-state index contributed by atoms with van der Waals surface area (Å²) in [6.45, 7) is 0.385. The fraction of sp³-hybridized carbons (Fsp3) is 0.500. The van der Waals surface area contributed by atoms with E-state index in [-0.39, 0.29) is 29.3 Å². The number of amides is 1. The van der Waals surface area contributed by atoms with E-state index in [4.69, 9.17) is 9.84 Å². The van der Waals surface area contributed by atoms with Crippen LogP contribution in [0.15, 0.2) is 24.3 Å². The molecule has 1 saturated heterocycles. The van der Waals surface area contributed by atoms with Gasteiger partial charge in [0.15, 0.2) is 0 Å². The first-order chi connectivity index (χ1) is 10.5. The van der Waals surface area contributed by atoms with E-state index in [0.29, 0.717) is 24.9 Å². The standard InChI is InChI=1S/C16H18FNO4/c17-12-3-1-10(2-4-12)14(19)18-9-13-5-6-16(22-13)7-11(8-16)15(20)21/h1-4,11,13H,5-9H2,(H,18,19)(H,20,21). The number of ether oxygens (including phenoxy) is 1. The van der Waals surface area contributed by atoms with Crippen LogP contribution in [0.25, 0.3) is 0 Å². The molecule has 1 amide bonds. The van der Waals surface area contributed by atoms with E-state index >= 15 is 0 Å². The van der Waals surface area contributed by atoms with Crippen molar-refractivity contribution in [1.82, 2.24) is 5.32 Å². The Morgan fingerprint density at radius 2 is 2.00 bits per heavy atom. The summed E-state index contributed by atoms with van der Waals surface area (Å²) in [5, 5.41) is 11.7. The Bertz CT molecular complexity index is 580. The number of hydrogen-bond acceptors (Lipinski definition) is 3. The van der Waals surface area contributed by atoms with Gasteiger partial charge in [-0.1, -0.05) is 0 Å². The summed E-state index contributed by atoms with van der Waals surface area (Å²) in [4.78, 5) is 22.8. The van der Waals surface area contributed by atoms with E-state index in [9.17, 15) is 14.0 Å². The minimum absolute atomic E-state index is 0.0841. The van der Waals surface area contributed by atoms with Crippen molar-refractivity contribution in [2.75, 3.05) is 6.54 Å². The predicted molar refractivity (Wildman–Crippen MR) is 75.9 cm³/mol. The zero-order valence-corrected chi connectivity index (χ0v) is 12.0. The van der Waals surface area contributed by atoms with Crippen molar-refractivity contribution in [2.45, 2.75) is 37.4 Å². The lowest BCUT2D eigenvalue weighted by atomic mass is 9.69. The molecule has 1 heterocycles. The SMILES string of the molecule is O=C(NCC1CCC2(CC(C(=O)O)C2)O1)c1ccc(F)cc1. The maximum Gasteiger partial charge on any atom is 0.306 e. The maximum atomic E-state index is 12.8. The van der Waals surface area contributed by atoms with E-state index in [2.05, 4.69) is 5.32 Å². The lowest BCUT2D eigenvalue weighted by Crippen LogP contribution is -2.47. The fourth-order valence-electron chi connectivity index (χ4n) is 3.26. The second-order valence-electron chi connectivity index (χ2n) is 6.12. The van der Waals surface area contributed by atoms with Gasteiger partial charge in [0, 0.05) is 12.1 Å². The van der Waals surface area contributed by atoms with E-state index in [1.165, 1.54) is 24.3 Å². The molecule has 1 aliphatic carbocycles. The van der Waals surface area contributed by atoms with Crippen molar-refractivity contribution in [3.63, 3.8) is 0 Å². The summed E-state index contributed by atoms with van der Waals surface area (Å²) in [5.74, 6) is -1.70. The van der Waals surface area contributed by atoms with Crippen molar-refractivity contribution in [3.05, 3.63) is 35.6 Å². The Hall–Kier alpha value is -1.95. The summed E-state index contributed by atoms with van der Waals surface area (Å²) in [6.07, 6.45) is 2.69. The Morgan fingerprint density at radius 3 is 2.64 bits per heavy atom. The molecular weight excluding hydrogens is 289 g/mol. The zero-order valence-electron chi connectivity index (χ0n) is 12.0. The zero-order chi connectivity index (χ0) is 15.7. The summed E-state index contributed by atoms with van der Waals surface area (Å²) >= 11 is 0. The van der Waals surface area contributed by atoms with Crippen LogP contribution in [-0.4, -0.2) is 35.2 Å². The van der Waals surface area contributed by atoms with Crippen LogP contribution in [-0.2, 0) is 9.53 Å². The number of carbonyl (C=O) groups is 2. The minimum Gasteiger partial charge on any atom is -0.481 e. The number of nitrogens with one attached hydrogen (secondary N) is 1. The molecule has 1 aromatic rings. The van der Waals surface area contributed by atoms with Crippen LogP contribution in [0.5, 0.6) is 0 Å². The third-order valence-electron chi connectivity index (χ3n) is 4.52. The van der Waals surface area contributed by atoms with Crippen molar-refractivity contribution in [1.29, 1.82) is 0 Å². The highest BCUT2D eigenvalue weighted by atomic mass is 19.1. The average molecular weight is 307 g/mol. The van der Waals surface area contributed by atoms with Crippen LogP contribution in [0.4, 0.5) is 4.39 Å². The van der Waals surface area contributed by atoms with Crippen molar-refractivity contribution >= 4 is 11.9 Å². The quantitative estimate of drug-likeness (QED) is 0.891. The van der Waals surface area contributed by atoms with E-state index in [0.717, 1.165) is 12.8 Å². The first-order valence-electron chi connectivity index (χ1n) is 7.42. The maximum absolute atomic E-state index is 12.8. The average Bonchev–Trinajstić information content (AvgIpc) is 2.88. The molecule has 1 atom stereocenters. The van der Waals surface area contributed by atoms with Crippen LogP contribution < -0.4 is 5.32 Å². The van der Waals surface area contributed by atoms with Crippen molar-refractivity contribution in [2.24, 2.45) is 5.92 Å². The molecule has 1 spiro atoms. The van der Waals surface area contributed by atoms with Crippen LogP contribution in [0.3, 0.4) is 0 Å². The Morgan fingerprint density at radius 1 is 1.32 bits per heavy atom. The number of carbonyl (C=O) groups excluding carboxylic acids is 1. The number of halogens is 1.